The van der Waals surface area contributed by atoms with E-state index in [2.05, 4.69) is 11.3 Å². The van der Waals surface area contributed by atoms with Gasteiger partial charge in [-0.05, 0) is 11.6 Å². The highest BCUT2D eigenvalue weighted by Crippen LogP contribution is 2.27. The van der Waals surface area contributed by atoms with Crippen LogP contribution in [0.5, 0.6) is 5.75 Å². The number of para-hydroxylation sites is 1. The minimum Gasteiger partial charge on any atom is -0.507 e. The molecule has 0 spiro atoms. The number of carbonyl (C=O) groups excluding carboxylic acids is 1. The first-order chi connectivity index (χ1) is 10.2. The van der Waals surface area contributed by atoms with Gasteiger partial charge in [0, 0.05) is 11.6 Å². The Labute approximate surface area is 123 Å². The van der Waals surface area contributed by atoms with E-state index in [1.807, 2.05) is 48.5 Å². The Morgan fingerprint density at radius 2 is 1.71 bits per heavy atom. The molecule has 0 aliphatic carbocycles. The zero-order valence-corrected chi connectivity index (χ0v) is 11.6. The normalized spacial score (nSPS) is 9.19. The predicted molar refractivity (Wildman–Crippen MR) is 81.8 cm³/mol. The number of hydrogen-bond donors (Lipinski definition) is 2. The minimum absolute atomic E-state index is 0.0465. The third-order valence-corrected chi connectivity index (χ3v) is 2.49. The second-order valence-electron chi connectivity index (χ2n) is 3.98. The van der Waals surface area contributed by atoms with Crippen LogP contribution in [-0.2, 0) is 9.53 Å². The van der Waals surface area contributed by atoms with E-state index >= 15 is 0 Å². The zero-order valence-electron chi connectivity index (χ0n) is 11.6. The number of aromatic hydroxyl groups is 1. The fraction of sp³-hybridized carbons (Fsp3) is 0.118. The number of aliphatic hydroxyl groups is 1. The van der Waals surface area contributed by atoms with Gasteiger partial charge in [0.25, 0.3) is 0 Å². The van der Waals surface area contributed by atoms with Crippen molar-refractivity contribution in [2.45, 2.75) is 0 Å². The van der Waals surface area contributed by atoms with E-state index in [9.17, 15) is 9.90 Å². The Bertz CT molecular complexity index is 564. The summed E-state index contributed by atoms with van der Waals surface area (Å²) < 4.78 is 4.33. The number of benzene rings is 2. The van der Waals surface area contributed by atoms with Crippen LogP contribution in [0.4, 0.5) is 0 Å². The Kier molecular flexibility index (Phi) is 7.32. The molecule has 2 rings (SSSR count). The number of ether oxygens (including phenoxy) is 1. The lowest BCUT2D eigenvalue weighted by Gasteiger charge is -2.02. The summed E-state index contributed by atoms with van der Waals surface area (Å²) >= 11 is 0. The maximum Gasteiger partial charge on any atom is 0.330 e. The molecule has 0 radical (unpaired) electrons. The lowest BCUT2D eigenvalue weighted by atomic mass is 10.1. The molecule has 2 aromatic carbocycles. The summed E-state index contributed by atoms with van der Waals surface area (Å²) in [5.74, 6) is -0.173. The molecular weight excluding hydrogens is 268 g/mol. The van der Waals surface area contributed by atoms with Crippen molar-refractivity contribution >= 4 is 5.97 Å². The van der Waals surface area contributed by atoms with Gasteiger partial charge in [-0.2, -0.15) is 0 Å². The molecule has 2 aromatic rings. The summed E-state index contributed by atoms with van der Waals surface area (Å²) in [4.78, 5) is 10.1. The molecule has 110 valence electrons. The van der Waals surface area contributed by atoms with Gasteiger partial charge in [-0.1, -0.05) is 55.1 Å². The molecule has 0 atom stereocenters. The molecule has 21 heavy (non-hydrogen) atoms. The summed E-state index contributed by atoms with van der Waals surface area (Å²) in [5.41, 5.74) is 1.92. The highest BCUT2D eigenvalue weighted by Gasteiger charge is 2.00. The monoisotopic (exact) mass is 286 g/mol. The molecule has 0 amide bonds. The molecule has 0 aliphatic heterocycles. The quantitative estimate of drug-likeness (QED) is 0.670. The smallest absolute Gasteiger partial charge is 0.330 e. The maximum atomic E-state index is 10.1. The first-order valence-electron chi connectivity index (χ1n) is 6.42. The number of phenolic OH excluding ortho intramolecular Hbond substituents is 1. The van der Waals surface area contributed by atoms with Crippen LogP contribution in [0.2, 0.25) is 0 Å². The first-order valence-corrected chi connectivity index (χ1v) is 6.42. The molecule has 4 nitrogen and oxygen atoms in total. The molecule has 0 saturated carbocycles. The number of rotatable bonds is 4. The molecule has 0 fully saturated rings. The van der Waals surface area contributed by atoms with E-state index in [0.29, 0.717) is 5.75 Å². The Balaban J connectivity index is 0.000000240. The van der Waals surface area contributed by atoms with Gasteiger partial charge in [0.2, 0.25) is 0 Å². The molecule has 0 aromatic heterocycles. The zero-order chi connectivity index (χ0) is 15.5. The standard InChI is InChI=1S/C12H10O.C5H8O3/c13-12-9-5-4-8-11(12)10-6-2-1-3-7-10;1-2-5(7)8-4-3-6/h1-9,13H;2,6H,1,3-4H2. The van der Waals surface area contributed by atoms with Crippen molar-refractivity contribution in [3.05, 3.63) is 67.3 Å². The Morgan fingerprint density at radius 1 is 1.10 bits per heavy atom. The average molecular weight is 286 g/mol. The molecule has 0 saturated heterocycles. The maximum absolute atomic E-state index is 10.1. The van der Waals surface area contributed by atoms with E-state index in [-0.39, 0.29) is 13.2 Å². The van der Waals surface area contributed by atoms with Crippen molar-refractivity contribution in [3.63, 3.8) is 0 Å². The van der Waals surface area contributed by atoms with Crippen LogP contribution >= 0.6 is 0 Å². The van der Waals surface area contributed by atoms with Crippen LogP contribution in [0.15, 0.2) is 67.3 Å². The molecule has 0 bridgehead atoms. The van der Waals surface area contributed by atoms with Gasteiger partial charge in [0.1, 0.15) is 12.4 Å². The first kappa shape index (κ1) is 16.5. The topological polar surface area (TPSA) is 66.8 Å². The van der Waals surface area contributed by atoms with Gasteiger partial charge < -0.3 is 14.9 Å². The van der Waals surface area contributed by atoms with Crippen LogP contribution in [0.25, 0.3) is 11.1 Å². The average Bonchev–Trinajstić information content (AvgIpc) is 2.54. The van der Waals surface area contributed by atoms with E-state index in [0.717, 1.165) is 17.2 Å². The van der Waals surface area contributed by atoms with Gasteiger partial charge in [-0.3, -0.25) is 0 Å². The van der Waals surface area contributed by atoms with E-state index < -0.39 is 5.97 Å². The second-order valence-corrected chi connectivity index (χ2v) is 3.98. The molecule has 2 N–H and O–H groups in total. The van der Waals surface area contributed by atoms with Gasteiger partial charge in [-0.25, -0.2) is 4.79 Å². The van der Waals surface area contributed by atoms with Gasteiger partial charge in [0.15, 0.2) is 0 Å². The third-order valence-electron chi connectivity index (χ3n) is 2.49. The number of hydrogen-bond acceptors (Lipinski definition) is 4. The highest BCUT2D eigenvalue weighted by atomic mass is 16.5. The SMILES string of the molecule is C=CC(=O)OCCO.Oc1ccccc1-c1ccccc1. The summed E-state index contributed by atoms with van der Waals surface area (Å²) in [6, 6.07) is 17.2. The van der Waals surface area contributed by atoms with Crippen molar-refractivity contribution in [2.75, 3.05) is 13.2 Å². The van der Waals surface area contributed by atoms with Crippen molar-refractivity contribution in [1.29, 1.82) is 0 Å². The van der Waals surface area contributed by atoms with Crippen LogP contribution in [0, 0.1) is 0 Å². The molecule has 0 unspecified atom stereocenters. The highest BCUT2D eigenvalue weighted by molar-refractivity contribution is 5.81. The van der Waals surface area contributed by atoms with Gasteiger partial charge in [-0.15, -0.1) is 0 Å². The summed E-state index contributed by atoms with van der Waals surface area (Å²) in [7, 11) is 0. The summed E-state index contributed by atoms with van der Waals surface area (Å²) in [5, 5.41) is 17.7. The van der Waals surface area contributed by atoms with Crippen LogP contribution < -0.4 is 0 Å². The van der Waals surface area contributed by atoms with Crippen LogP contribution in [-0.4, -0.2) is 29.4 Å². The van der Waals surface area contributed by atoms with E-state index in [1.165, 1.54) is 0 Å². The second kappa shape index (κ2) is 9.34. The number of carbonyl (C=O) groups is 1. The lowest BCUT2D eigenvalue weighted by molar-refractivity contribution is -0.138. The lowest BCUT2D eigenvalue weighted by Crippen LogP contribution is -2.04. The van der Waals surface area contributed by atoms with Crippen LogP contribution in [0.3, 0.4) is 0 Å². The predicted octanol–water partition coefficient (Wildman–Crippen LogP) is 2.77. The van der Waals surface area contributed by atoms with Crippen molar-refractivity contribution in [1.82, 2.24) is 0 Å². The molecule has 0 heterocycles. The van der Waals surface area contributed by atoms with E-state index in [4.69, 9.17) is 5.11 Å². The number of phenols is 1. The summed E-state index contributed by atoms with van der Waals surface area (Å²) in [6.45, 7) is 3.06. The minimum atomic E-state index is -0.501. The van der Waals surface area contributed by atoms with Crippen LogP contribution in [0.1, 0.15) is 0 Å². The molecular formula is C17H18O4. The Morgan fingerprint density at radius 3 is 2.29 bits per heavy atom. The fourth-order valence-corrected chi connectivity index (χ4v) is 1.54. The summed E-state index contributed by atoms with van der Waals surface area (Å²) in [6.07, 6.45) is 1.05. The molecule has 0 aliphatic rings. The molecule has 4 heteroatoms. The fourth-order valence-electron chi connectivity index (χ4n) is 1.54. The number of esters is 1. The third kappa shape index (κ3) is 5.93. The largest absolute Gasteiger partial charge is 0.507 e. The number of aliphatic hydroxyl groups excluding tert-OH is 1. The van der Waals surface area contributed by atoms with E-state index in [1.54, 1.807) is 6.07 Å². The Hall–Kier alpha value is -2.59. The van der Waals surface area contributed by atoms with Gasteiger partial charge >= 0.3 is 5.97 Å². The van der Waals surface area contributed by atoms with Gasteiger partial charge in [0.05, 0.1) is 6.61 Å². The van der Waals surface area contributed by atoms with Crippen molar-refractivity contribution in [3.8, 4) is 16.9 Å². The van der Waals surface area contributed by atoms with Crippen molar-refractivity contribution in [2.24, 2.45) is 0 Å². The van der Waals surface area contributed by atoms with Crippen molar-refractivity contribution < 1.29 is 19.7 Å².